The SMILES string of the molecule is NN=Cc1ccc2c(C(F)(F)F)csc2c1. The molecular formula is C10H7F3N2S. The standard InChI is InChI=1S/C10H7F3N2S/c11-10(12,13)8-5-16-9-3-6(4-15-14)1-2-7(8)9/h1-5H,14H2. The van der Waals surface area contributed by atoms with E-state index >= 15 is 0 Å². The molecular weight excluding hydrogens is 237 g/mol. The van der Waals surface area contributed by atoms with Crippen LogP contribution in [0.3, 0.4) is 0 Å². The summed E-state index contributed by atoms with van der Waals surface area (Å²) in [5, 5.41) is 4.66. The minimum absolute atomic E-state index is 0.215. The first kappa shape index (κ1) is 10.9. The summed E-state index contributed by atoms with van der Waals surface area (Å²) in [6.07, 6.45) is -2.91. The van der Waals surface area contributed by atoms with Crippen molar-refractivity contribution in [3.8, 4) is 0 Å². The summed E-state index contributed by atoms with van der Waals surface area (Å²) in [4.78, 5) is 0. The minimum Gasteiger partial charge on any atom is -0.323 e. The largest absolute Gasteiger partial charge is 0.417 e. The fraction of sp³-hybridized carbons (Fsp3) is 0.100. The van der Waals surface area contributed by atoms with Crippen LogP contribution in [0.25, 0.3) is 10.1 Å². The second-order valence-corrected chi connectivity index (χ2v) is 4.09. The van der Waals surface area contributed by atoms with Crippen LogP contribution in [-0.4, -0.2) is 6.21 Å². The molecule has 0 spiro atoms. The van der Waals surface area contributed by atoms with Gasteiger partial charge in [0.1, 0.15) is 0 Å². The number of nitrogens with two attached hydrogens (primary N) is 1. The maximum absolute atomic E-state index is 12.6. The predicted octanol–water partition coefficient (Wildman–Crippen LogP) is 3.21. The van der Waals surface area contributed by atoms with Crippen LogP contribution in [0.1, 0.15) is 11.1 Å². The van der Waals surface area contributed by atoms with Gasteiger partial charge in [0.2, 0.25) is 0 Å². The molecule has 0 radical (unpaired) electrons. The molecule has 0 bridgehead atoms. The number of hydrogen-bond acceptors (Lipinski definition) is 3. The molecule has 0 amide bonds. The van der Waals surface area contributed by atoms with E-state index < -0.39 is 11.7 Å². The zero-order chi connectivity index (χ0) is 11.8. The number of hydrogen-bond donors (Lipinski definition) is 1. The molecule has 0 fully saturated rings. The van der Waals surface area contributed by atoms with Gasteiger partial charge >= 0.3 is 6.18 Å². The second kappa shape index (κ2) is 3.79. The van der Waals surface area contributed by atoms with Crippen LogP contribution >= 0.6 is 11.3 Å². The van der Waals surface area contributed by atoms with E-state index in [2.05, 4.69) is 5.10 Å². The lowest BCUT2D eigenvalue weighted by atomic mass is 10.1. The molecule has 0 unspecified atom stereocenters. The zero-order valence-electron chi connectivity index (χ0n) is 7.95. The van der Waals surface area contributed by atoms with Crippen LogP contribution in [0.5, 0.6) is 0 Å². The highest BCUT2D eigenvalue weighted by Gasteiger charge is 2.33. The zero-order valence-corrected chi connectivity index (χ0v) is 8.77. The molecule has 1 aromatic carbocycles. The predicted molar refractivity (Wildman–Crippen MR) is 58.6 cm³/mol. The lowest BCUT2D eigenvalue weighted by molar-refractivity contribution is -0.136. The average Bonchev–Trinajstić information content (AvgIpc) is 2.60. The number of halogens is 3. The Morgan fingerprint density at radius 3 is 2.69 bits per heavy atom. The molecule has 84 valence electrons. The molecule has 2 N–H and O–H groups in total. The highest BCUT2D eigenvalue weighted by molar-refractivity contribution is 7.17. The van der Waals surface area contributed by atoms with Crippen LogP contribution < -0.4 is 5.84 Å². The van der Waals surface area contributed by atoms with E-state index in [9.17, 15) is 13.2 Å². The van der Waals surface area contributed by atoms with Gasteiger partial charge in [0.15, 0.2) is 0 Å². The van der Waals surface area contributed by atoms with E-state index in [1.165, 1.54) is 12.3 Å². The van der Waals surface area contributed by atoms with Crippen molar-refractivity contribution in [3.05, 3.63) is 34.7 Å². The van der Waals surface area contributed by atoms with Crippen molar-refractivity contribution < 1.29 is 13.2 Å². The molecule has 1 aromatic heterocycles. The van der Waals surface area contributed by atoms with E-state index in [0.29, 0.717) is 10.3 Å². The summed E-state index contributed by atoms with van der Waals surface area (Å²) in [6, 6.07) is 4.62. The normalized spacial score (nSPS) is 12.7. The average molecular weight is 244 g/mol. The Balaban J connectivity index is 2.59. The quantitative estimate of drug-likeness (QED) is 0.467. The Morgan fingerprint density at radius 2 is 2.06 bits per heavy atom. The first-order chi connectivity index (χ1) is 7.52. The summed E-state index contributed by atoms with van der Waals surface area (Å²) >= 11 is 1.06. The third-order valence-corrected chi connectivity index (χ3v) is 3.07. The van der Waals surface area contributed by atoms with Crippen LogP contribution in [0.4, 0.5) is 13.2 Å². The third kappa shape index (κ3) is 1.88. The summed E-state index contributed by atoms with van der Waals surface area (Å²) < 4.78 is 38.3. The molecule has 6 heteroatoms. The van der Waals surface area contributed by atoms with Crippen LogP contribution in [0.2, 0.25) is 0 Å². The lowest BCUT2D eigenvalue weighted by Gasteiger charge is -2.04. The number of benzene rings is 1. The van der Waals surface area contributed by atoms with Crippen molar-refractivity contribution in [3.63, 3.8) is 0 Å². The van der Waals surface area contributed by atoms with Crippen LogP contribution in [-0.2, 0) is 6.18 Å². The molecule has 1 heterocycles. The Morgan fingerprint density at radius 1 is 1.31 bits per heavy atom. The lowest BCUT2D eigenvalue weighted by Crippen LogP contribution is -2.03. The van der Waals surface area contributed by atoms with Crippen molar-refractivity contribution >= 4 is 27.6 Å². The van der Waals surface area contributed by atoms with E-state index in [-0.39, 0.29) is 5.39 Å². The topological polar surface area (TPSA) is 38.4 Å². The number of nitrogens with zero attached hydrogens (tertiary/aromatic N) is 1. The fourth-order valence-corrected chi connectivity index (χ4v) is 2.45. The number of fused-ring (bicyclic) bond motifs is 1. The Bertz CT molecular complexity index is 542. The van der Waals surface area contributed by atoms with Gasteiger partial charge in [0.25, 0.3) is 0 Å². The summed E-state index contributed by atoms with van der Waals surface area (Å²) in [5.74, 6) is 4.97. The molecule has 2 rings (SSSR count). The van der Waals surface area contributed by atoms with E-state index in [0.717, 1.165) is 16.7 Å². The number of thiophene rings is 1. The number of rotatable bonds is 1. The Hall–Kier alpha value is -1.56. The molecule has 0 aliphatic heterocycles. The third-order valence-electron chi connectivity index (χ3n) is 2.13. The summed E-state index contributed by atoms with van der Waals surface area (Å²) in [7, 11) is 0. The van der Waals surface area contributed by atoms with Crippen molar-refractivity contribution in [2.75, 3.05) is 0 Å². The maximum atomic E-state index is 12.6. The molecule has 0 atom stereocenters. The van der Waals surface area contributed by atoms with Gasteiger partial charge in [-0.2, -0.15) is 18.3 Å². The van der Waals surface area contributed by atoms with E-state index in [1.807, 2.05) is 0 Å². The Labute approximate surface area is 93.2 Å². The van der Waals surface area contributed by atoms with Gasteiger partial charge in [0.05, 0.1) is 11.8 Å². The van der Waals surface area contributed by atoms with Crippen LogP contribution in [0, 0.1) is 0 Å². The van der Waals surface area contributed by atoms with Gasteiger partial charge in [-0.3, -0.25) is 0 Å². The first-order valence-electron chi connectivity index (χ1n) is 4.34. The van der Waals surface area contributed by atoms with Gasteiger partial charge in [-0.25, -0.2) is 0 Å². The highest BCUT2D eigenvalue weighted by Crippen LogP contribution is 2.38. The monoisotopic (exact) mass is 244 g/mol. The summed E-state index contributed by atoms with van der Waals surface area (Å²) in [6.45, 7) is 0. The maximum Gasteiger partial charge on any atom is 0.417 e. The smallest absolute Gasteiger partial charge is 0.323 e. The van der Waals surface area contributed by atoms with E-state index in [4.69, 9.17) is 5.84 Å². The van der Waals surface area contributed by atoms with Crippen molar-refractivity contribution in [2.45, 2.75) is 6.18 Å². The molecule has 16 heavy (non-hydrogen) atoms. The fourth-order valence-electron chi connectivity index (χ4n) is 1.43. The van der Waals surface area contributed by atoms with E-state index in [1.54, 1.807) is 12.1 Å². The van der Waals surface area contributed by atoms with Gasteiger partial charge in [-0.05, 0) is 11.6 Å². The van der Waals surface area contributed by atoms with Gasteiger partial charge in [-0.15, -0.1) is 11.3 Å². The van der Waals surface area contributed by atoms with Gasteiger partial charge in [0, 0.05) is 15.5 Å². The van der Waals surface area contributed by atoms with Crippen molar-refractivity contribution in [2.24, 2.45) is 10.9 Å². The highest BCUT2D eigenvalue weighted by atomic mass is 32.1. The molecule has 2 aromatic rings. The molecule has 0 saturated carbocycles. The minimum atomic E-state index is -4.30. The molecule has 2 nitrogen and oxygen atoms in total. The van der Waals surface area contributed by atoms with Gasteiger partial charge < -0.3 is 5.84 Å². The second-order valence-electron chi connectivity index (χ2n) is 3.18. The molecule has 0 aliphatic rings. The Kier molecular flexibility index (Phi) is 2.59. The van der Waals surface area contributed by atoms with Crippen molar-refractivity contribution in [1.29, 1.82) is 0 Å². The summed E-state index contributed by atoms with van der Waals surface area (Å²) in [5.41, 5.74) is 0.0920. The number of alkyl halides is 3. The van der Waals surface area contributed by atoms with Gasteiger partial charge in [-0.1, -0.05) is 12.1 Å². The molecule has 0 aliphatic carbocycles. The first-order valence-corrected chi connectivity index (χ1v) is 5.22. The molecule has 0 saturated heterocycles. The number of hydrazone groups is 1. The van der Waals surface area contributed by atoms with Crippen LogP contribution in [0.15, 0.2) is 28.7 Å². The van der Waals surface area contributed by atoms with Crippen molar-refractivity contribution in [1.82, 2.24) is 0 Å².